The molecule has 0 saturated heterocycles. The van der Waals surface area contributed by atoms with Crippen LogP contribution in [0.5, 0.6) is 0 Å². The lowest BCUT2D eigenvalue weighted by molar-refractivity contribution is 0.865. The lowest BCUT2D eigenvalue weighted by Crippen LogP contribution is -1.85. The summed E-state index contributed by atoms with van der Waals surface area (Å²) >= 11 is 1.72. The maximum Gasteiger partial charge on any atom is 0.0991 e. The molecule has 18 heavy (non-hydrogen) atoms. The van der Waals surface area contributed by atoms with Crippen molar-refractivity contribution in [2.24, 2.45) is 0 Å². The third-order valence-corrected chi connectivity index (χ3v) is 3.78. The summed E-state index contributed by atoms with van der Waals surface area (Å²) in [5.41, 5.74) is 2.06. The van der Waals surface area contributed by atoms with Gasteiger partial charge in [0, 0.05) is 9.79 Å². The topological polar surface area (TPSA) is 23.8 Å². The molecule has 0 saturated carbocycles. The summed E-state index contributed by atoms with van der Waals surface area (Å²) < 4.78 is 0. The van der Waals surface area contributed by atoms with E-state index in [4.69, 9.17) is 5.26 Å². The van der Waals surface area contributed by atoms with E-state index in [1.54, 1.807) is 11.8 Å². The summed E-state index contributed by atoms with van der Waals surface area (Å²) in [6, 6.07) is 18.5. The number of hydrogen-bond acceptors (Lipinski definition) is 2. The van der Waals surface area contributed by atoms with Crippen LogP contribution in [0.15, 0.2) is 58.3 Å². The van der Waals surface area contributed by atoms with E-state index in [1.807, 2.05) is 24.3 Å². The second kappa shape index (κ2) is 5.75. The van der Waals surface area contributed by atoms with Crippen molar-refractivity contribution in [1.82, 2.24) is 0 Å². The average Bonchev–Trinajstić information content (AvgIpc) is 2.40. The van der Waals surface area contributed by atoms with Gasteiger partial charge in [0.2, 0.25) is 0 Å². The fraction of sp³-hybridized carbons (Fsp3) is 0.188. The van der Waals surface area contributed by atoms with Crippen molar-refractivity contribution >= 4 is 11.8 Å². The van der Waals surface area contributed by atoms with Crippen molar-refractivity contribution < 1.29 is 0 Å². The monoisotopic (exact) mass is 253 g/mol. The third kappa shape index (κ3) is 3.15. The molecular weight excluding hydrogens is 238 g/mol. The molecule has 2 aromatic rings. The Balaban J connectivity index is 2.11. The van der Waals surface area contributed by atoms with Gasteiger partial charge in [-0.1, -0.05) is 37.7 Å². The van der Waals surface area contributed by atoms with E-state index in [2.05, 4.69) is 44.2 Å². The SMILES string of the molecule is CC(C)c1ccc(Sc2ccc(C#N)cc2)cc1. The second-order valence-corrected chi connectivity index (χ2v) is 5.61. The molecule has 0 N–H and O–H groups in total. The molecule has 0 heterocycles. The summed E-state index contributed by atoms with van der Waals surface area (Å²) in [5, 5.41) is 8.74. The zero-order valence-electron chi connectivity index (χ0n) is 10.6. The van der Waals surface area contributed by atoms with Crippen LogP contribution in [0.4, 0.5) is 0 Å². The van der Waals surface area contributed by atoms with Crippen molar-refractivity contribution in [3.63, 3.8) is 0 Å². The van der Waals surface area contributed by atoms with Crippen LogP contribution in [0.1, 0.15) is 30.9 Å². The van der Waals surface area contributed by atoms with Gasteiger partial charge in [0.15, 0.2) is 0 Å². The normalized spacial score (nSPS) is 10.3. The summed E-state index contributed by atoms with van der Waals surface area (Å²) in [4.78, 5) is 2.38. The predicted molar refractivity (Wildman–Crippen MR) is 75.8 cm³/mol. The highest BCUT2D eigenvalue weighted by atomic mass is 32.2. The molecular formula is C16H15NS. The minimum absolute atomic E-state index is 0.568. The molecule has 2 aromatic carbocycles. The summed E-state index contributed by atoms with van der Waals surface area (Å²) in [6.45, 7) is 4.39. The van der Waals surface area contributed by atoms with Crippen LogP contribution in [-0.4, -0.2) is 0 Å². The van der Waals surface area contributed by atoms with Crippen molar-refractivity contribution in [3.05, 3.63) is 59.7 Å². The third-order valence-electron chi connectivity index (χ3n) is 2.77. The molecule has 0 aliphatic heterocycles. The Morgan fingerprint density at radius 2 is 1.39 bits per heavy atom. The van der Waals surface area contributed by atoms with E-state index in [0.29, 0.717) is 11.5 Å². The number of nitriles is 1. The molecule has 0 bridgehead atoms. The summed E-state index contributed by atoms with van der Waals surface area (Å²) in [5.74, 6) is 0.568. The summed E-state index contributed by atoms with van der Waals surface area (Å²) in [6.07, 6.45) is 0. The number of nitrogens with zero attached hydrogens (tertiary/aromatic N) is 1. The van der Waals surface area contributed by atoms with Crippen molar-refractivity contribution in [2.45, 2.75) is 29.6 Å². The van der Waals surface area contributed by atoms with Gasteiger partial charge in [0.05, 0.1) is 11.6 Å². The fourth-order valence-corrected chi connectivity index (χ4v) is 2.47. The first-order valence-electron chi connectivity index (χ1n) is 5.97. The molecule has 0 atom stereocenters. The van der Waals surface area contributed by atoms with Crippen molar-refractivity contribution in [1.29, 1.82) is 5.26 Å². The molecule has 0 amide bonds. The minimum Gasteiger partial charge on any atom is -0.192 e. The zero-order chi connectivity index (χ0) is 13.0. The maximum atomic E-state index is 8.74. The van der Waals surface area contributed by atoms with Gasteiger partial charge in [-0.2, -0.15) is 5.26 Å². The highest BCUT2D eigenvalue weighted by Crippen LogP contribution is 2.28. The van der Waals surface area contributed by atoms with Gasteiger partial charge in [0.1, 0.15) is 0 Å². The number of hydrogen-bond donors (Lipinski definition) is 0. The lowest BCUT2D eigenvalue weighted by Gasteiger charge is -2.06. The maximum absolute atomic E-state index is 8.74. The molecule has 90 valence electrons. The van der Waals surface area contributed by atoms with Gasteiger partial charge < -0.3 is 0 Å². The molecule has 0 spiro atoms. The van der Waals surface area contributed by atoms with Crippen LogP contribution in [0.2, 0.25) is 0 Å². The molecule has 0 unspecified atom stereocenters. The molecule has 0 radical (unpaired) electrons. The Kier molecular flexibility index (Phi) is 4.07. The van der Waals surface area contributed by atoms with E-state index in [-0.39, 0.29) is 0 Å². The van der Waals surface area contributed by atoms with Crippen LogP contribution in [-0.2, 0) is 0 Å². The number of rotatable bonds is 3. The Bertz CT molecular complexity index is 547. The first kappa shape index (κ1) is 12.7. The smallest absolute Gasteiger partial charge is 0.0991 e. The molecule has 0 aromatic heterocycles. The van der Waals surface area contributed by atoms with Gasteiger partial charge in [0.25, 0.3) is 0 Å². The Morgan fingerprint density at radius 3 is 1.83 bits per heavy atom. The molecule has 0 aliphatic carbocycles. The number of benzene rings is 2. The van der Waals surface area contributed by atoms with Crippen LogP contribution in [0.3, 0.4) is 0 Å². The van der Waals surface area contributed by atoms with E-state index in [0.717, 1.165) is 4.90 Å². The van der Waals surface area contributed by atoms with E-state index in [9.17, 15) is 0 Å². The highest BCUT2D eigenvalue weighted by Gasteiger charge is 2.01. The van der Waals surface area contributed by atoms with Crippen molar-refractivity contribution in [2.75, 3.05) is 0 Å². The Hall–Kier alpha value is -1.72. The first-order chi connectivity index (χ1) is 8.69. The fourth-order valence-electron chi connectivity index (χ4n) is 1.65. The largest absolute Gasteiger partial charge is 0.192 e. The Labute approximate surface area is 112 Å². The van der Waals surface area contributed by atoms with Crippen LogP contribution in [0, 0.1) is 11.3 Å². The average molecular weight is 253 g/mol. The van der Waals surface area contributed by atoms with E-state index in [1.165, 1.54) is 10.5 Å². The minimum atomic E-state index is 0.568. The Morgan fingerprint density at radius 1 is 0.889 bits per heavy atom. The van der Waals surface area contributed by atoms with Gasteiger partial charge >= 0.3 is 0 Å². The van der Waals surface area contributed by atoms with Gasteiger partial charge in [-0.05, 0) is 47.9 Å². The van der Waals surface area contributed by atoms with E-state index < -0.39 is 0 Å². The molecule has 0 fully saturated rings. The summed E-state index contributed by atoms with van der Waals surface area (Å²) in [7, 11) is 0. The molecule has 1 nitrogen and oxygen atoms in total. The quantitative estimate of drug-likeness (QED) is 0.782. The second-order valence-electron chi connectivity index (χ2n) is 4.46. The zero-order valence-corrected chi connectivity index (χ0v) is 11.4. The van der Waals surface area contributed by atoms with Gasteiger partial charge in [-0.15, -0.1) is 0 Å². The predicted octanol–water partition coefficient (Wildman–Crippen LogP) is 4.83. The molecule has 2 heteroatoms. The van der Waals surface area contributed by atoms with Crippen molar-refractivity contribution in [3.8, 4) is 6.07 Å². The standard InChI is InChI=1S/C16H15NS/c1-12(2)14-5-9-16(10-6-14)18-15-7-3-13(11-17)4-8-15/h3-10,12H,1-2H3. The van der Waals surface area contributed by atoms with Crippen LogP contribution >= 0.6 is 11.8 Å². The van der Waals surface area contributed by atoms with Gasteiger partial charge in [-0.3, -0.25) is 0 Å². The lowest BCUT2D eigenvalue weighted by atomic mass is 10.0. The van der Waals surface area contributed by atoms with Crippen LogP contribution < -0.4 is 0 Å². The first-order valence-corrected chi connectivity index (χ1v) is 6.78. The molecule has 0 aliphatic rings. The van der Waals surface area contributed by atoms with Crippen LogP contribution in [0.25, 0.3) is 0 Å². The highest BCUT2D eigenvalue weighted by molar-refractivity contribution is 7.99. The molecule has 2 rings (SSSR count). The van der Waals surface area contributed by atoms with E-state index >= 15 is 0 Å². The van der Waals surface area contributed by atoms with Gasteiger partial charge in [-0.25, -0.2) is 0 Å².